The summed E-state index contributed by atoms with van der Waals surface area (Å²) in [4.78, 5) is 27.9. The maximum absolute atomic E-state index is 13.9. The van der Waals surface area contributed by atoms with E-state index in [1.54, 1.807) is 0 Å². The second-order valence-electron chi connectivity index (χ2n) is 9.01. The lowest BCUT2D eigenvalue weighted by Gasteiger charge is -2.24. The SMILES string of the molecule is CCc1c2c(cc(C(=O)c3ccccc3)c1C(=O)c1ccccc1)C(c1ccccc1)CNCC2. The Morgan fingerprint density at radius 3 is 1.97 bits per heavy atom. The predicted octanol–water partition coefficient (Wildman–Crippen LogP) is 5.99. The normalized spacial score (nSPS) is 15.2. The quantitative estimate of drug-likeness (QED) is 0.360. The van der Waals surface area contributed by atoms with Crippen molar-refractivity contribution >= 4 is 11.6 Å². The Kier molecular flexibility index (Phi) is 6.69. The second-order valence-corrected chi connectivity index (χ2v) is 9.01. The summed E-state index contributed by atoms with van der Waals surface area (Å²) >= 11 is 0. The molecule has 5 rings (SSSR count). The minimum Gasteiger partial charge on any atom is -0.315 e. The Bertz CT molecular complexity index is 1340. The largest absolute Gasteiger partial charge is 0.315 e. The van der Waals surface area contributed by atoms with E-state index in [-0.39, 0.29) is 17.5 Å². The van der Waals surface area contributed by atoms with Crippen molar-refractivity contribution < 1.29 is 9.59 Å². The molecule has 3 nitrogen and oxygen atoms in total. The van der Waals surface area contributed by atoms with Gasteiger partial charge in [0.1, 0.15) is 0 Å². The lowest BCUT2D eigenvalue weighted by atomic mass is 9.78. The highest BCUT2D eigenvalue weighted by atomic mass is 16.1. The molecule has 0 aliphatic carbocycles. The molecule has 0 radical (unpaired) electrons. The molecule has 0 saturated heterocycles. The van der Waals surface area contributed by atoms with Gasteiger partial charge < -0.3 is 5.32 Å². The molecule has 3 heteroatoms. The first-order valence-corrected chi connectivity index (χ1v) is 12.3. The van der Waals surface area contributed by atoms with Crippen LogP contribution in [0.4, 0.5) is 0 Å². The van der Waals surface area contributed by atoms with Gasteiger partial charge in [-0.2, -0.15) is 0 Å². The van der Waals surface area contributed by atoms with Crippen LogP contribution >= 0.6 is 0 Å². The average molecular weight is 460 g/mol. The van der Waals surface area contributed by atoms with Crippen LogP contribution in [0.5, 0.6) is 0 Å². The zero-order valence-electron chi connectivity index (χ0n) is 20.0. The molecular weight excluding hydrogens is 430 g/mol. The van der Waals surface area contributed by atoms with E-state index in [1.165, 1.54) is 11.1 Å². The predicted molar refractivity (Wildman–Crippen MR) is 140 cm³/mol. The summed E-state index contributed by atoms with van der Waals surface area (Å²) in [7, 11) is 0. The highest BCUT2D eigenvalue weighted by Crippen LogP contribution is 2.36. The van der Waals surface area contributed by atoms with Crippen LogP contribution in [0, 0.1) is 0 Å². The number of fused-ring (bicyclic) bond motifs is 1. The number of carbonyl (C=O) groups excluding carboxylic acids is 2. The maximum Gasteiger partial charge on any atom is 0.194 e. The van der Waals surface area contributed by atoms with E-state index in [2.05, 4.69) is 36.5 Å². The average Bonchev–Trinajstić information content (AvgIpc) is 3.15. The van der Waals surface area contributed by atoms with E-state index in [0.717, 1.165) is 30.6 Å². The molecule has 1 atom stereocenters. The van der Waals surface area contributed by atoms with Crippen molar-refractivity contribution in [3.05, 3.63) is 142 Å². The summed E-state index contributed by atoms with van der Waals surface area (Å²) in [6.45, 7) is 3.73. The number of rotatable bonds is 6. The standard InChI is InChI=1S/C32H29NO2/c1-2-25-26-18-19-33-21-29(22-12-6-3-7-13-22)27(26)20-28(31(34)23-14-8-4-9-15-23)30(25)32(35)24-16-10-5-11-17-24/h3-17,20,29,33H,2,18-19,21H2,1H3. The topological polar surface area (TPSA) is 46.2 Å². The fraction of sp³-hybridized carbons (Fsp3) is 0.188. The Labute approximate surface area is 206 Å². The van der Waals surface area contributed by atoms with Crippen molar-refractivity contribution in [2.45, 2.75) is 25.7 Å². The summed E-state index contributed by atoms with van der Waals surface area (Å²) in [6, 6.07) is 31.1. The molecule has 0 spiro atoms. The Balaban J connectivity index is 1.79. The van der Waals surface area contributed by atoms with Crippen molar-refractivity contribution in [1.82, 2.24) is 5.32 Å². The van der Waals surface area contributed by atoms with Crippen LogP contribution in [0.15, 0.2) is 97.1 Å². The molecule has 1 N–H and O–H groups in total. The van der Waals surface area contributed by atoms with Crippen LogP contribution in [0.25, 0.3) is 0 Å². The van der Waals surface area contributed by atoms with Crippen molar-refractivity contribution in [3.63, 3.8) is 0 Å². The molecule has 0 amide bonds. The van der Waals surface area contributed by atoms with E-state index < -0.39 is 0 Å². The molecule has 1 aliphatic rings. The number of ketones is 2. The van der Waals surface area contributed by atoms with Crippen LogP contribution in [-0.2, 0) is 12.8 Å². The molecule has 0 saturated carbocycles. The molecule has 174 valence electrons. The highest BCUT2D eigenvalue weighted by molar-refractivity contribution is 6.20. The van der Waals surface area contributed by atoms with Crippen LogP contribution in [0.2, 0.25) is 0 Å². The van der Waals surface area contributed by atoms with E-state index >= 15 is 0 Å². The Morgan fingerprint density at radius 1 is 0.800 bits per heavy atom. The molecule has 4 aromatic rings. The van der Waals surface area contributed by atoms with Crippen molar-refractivity contribution in [3.8, 4) is 0 Å². The minimum atomic E-state index is -0.105. The van der Waals surface area contributed by atoms with Crippen molar-refractivity contribution in [2.75, 3.05) is 13.1 Å². The van der Waals surface area contributed by atoms with Gasteiger partial charge in [-0.05, 0) is 47.7 Å². The Hall–Kier alpha value is -3.82. The molecular formula is C32H29NO2. The number of nitrogens with one attached hydrogen (secondary N) is 1. The summed E-state index contributed by atoms with van der Waals surface area (Å²) in [5.74, 6) is -0.0772. The van der Waals surface area contributed by atoms with Gasteiger partial charge in [0, 0.05) is 34.7 Å². The molecule has 1 unspecified atom stereocenters. The summed E-state index contributed by atoms with van der Waals surface area (Å²) in [5, 5.41) is 3.58. The minimum absolute atomic E-state index is 0.0852. The Morgan fingerprint density at radius 2 is 1.37 bits per heavy atom. The number of carbonyl (C=O) groups is 2. The molecule has 0 aromatic heterocycles. The van der Waals surface area contributed by atoms with E-state index in [0.29, 0.717) is 28.7 Å². The summed E-state index contributed by atoms with van der Waals surface area (Å²) in [6.07, 6.45) is 1.52. The summed E-state index contributed by atoms with van der Waals surface area (Å²) in [5.41, 5.74) is 6.83. The molecule has 0 fully saturated rings. The summed E-state index contributed by atoms with van der Waals surface area (Å²) < 4.78 is 0. The van der Waals surface area contributed by atoms with Gasteiger partial charge in [0.25, 0.3) is 0 Å². The maximum atomic E-state index is 13.9. The van der Waals surface area contributed by atoms with E-state index in [9.17, 15) is 9.59 Å². The van der Waals surface area contributed by atoms with Gasteiger partial charge >= 0.3 is 0 Å². The molecule has 1 heterocycles. The van der Waals surface area contributed by atoms with Gasteiger partial charge in [0.2, 0.25) is 0 Å². The fourth-order valence-corrected chi connectivity index (χ4v) is 5.27. The van der Waals surface area contributed by atoms with Crippen molar-refractivity contribution in [1.29, 1.82) is 0 Å². The molecule has 4 aromatic carbocycles. The third kappa shape index (κ3) is 4.48. The van der Waals surface area contributed by atoms with Gasteiger partial charge in [0.15, 0.2) is 11.6 Å². The van der Waals surface area contributed by atoms with Gasteiger partial charge in [-0.15, -0.1) is 0 Å². The van der Waals surface area contributed by atoms with Crippen LogP contribution in [0.3, 0.4) is 0 Å². The van der Waals surface area contributed by atoms with Gasteiger partial charge in [-0.25, -0.2) is 0 Å². The number of benzene rings is 4. The molecule has 1 aliphatic heterocycles. The van der Waals surface area contributed by atoms with Crippen LogP contribution < -0.4 is 5.32 Å². The van der Waals surface area contributed by atoms with Crippen molar-refractivity contribution in [2.24, 2.45) is 0 Å². The third-order valence-corrected chi connectivity index (χ3v) is 6.96. The second kappa shape index (κ2) is 10.2. The zero-order valence-corrected chi connectivity index (χ0v) is 20.0. The third-order valence-electron chi connectivity index (χ3n) is 6.96. The van der Waals surface area contributed by atoms with E-state index in [1.807, 2.05) is 72.8 Å². The lowest BCUT2D eigenvalue weighted by Crippen LogP contribution is -2.21. The van der Waals surface area contributed by atoms with Gasteiger partial charge in [-0.3, -0.25) is 9.59 Å². The first-order chi connectivity index (χ1) is 17.2. The molecule has 0 bridgehead atoms. The number of hydrogen-bond donors (Lipinski definition) is 1. The first-order valence-electron chi connectivity index (χ1n) is 12.3. The number of hydrogen-bond acceptors (Lipinski definition) is 3. The highest BCUT2D eigenvalue weighted by Gasteiger charge is 2.30. The van der Waals surface area contributed by atoms with Gasteiger partial charge in [0.05, 0.1) is 0 Å². The first kappa shape index (κ1) is 22.9. The van der Waals surface area contributed by atoms with Crippen LogP contribution in [0.1, 0.15) is 66.9 Å². The smallest absolute Gasteiger partial charge is 0.194 e. The fourth-order valence-electron chi connectivity index (χ4n) is 5.27. The molecule has 35 heavy (non-hydrogen) atoms. The zero-order chi connectivity index (χ0) is 24.2. The van der Waals surface area contributed by atoms with Gasteiger partial charge in [-0.1, -0.05) is 97.9 Å². The van der Waals surface area contributed by atoms with E-state index in [4.69, 9.17) is 0 Å². The lowest BCUT2D eigenvalue weighted by molar-refractivity contribution is 0.100. The van der Waals surface area contributed by atoms with Crippen LogP contribution in [-0.4, -0.2) is 24.7 Å². The monoisotopic (exact) mass is 459 g/mol.